The van der Waals surface area contributed by atoms with E-state index in [0.717, 1.165) is 0 Å². The molecule has 2 aromatic rings. The van der Waals surface area contributed by atoms with Gasteiger partial charge in [0.25, 0.3) is 11.5 Å². The van der Waals surface area contributed by atoms with Crippen LogP contribution in [0.1, 0.15) is 16.1 Å². The molecule has 0 saturated carbocycles. The number of thioether (sulfide) groups is 1. The Kier molecular flexibility index (Phi) is 3.92. The number of aromatic nitrogens is 2. The number of para-hydroxylation sites is 1. The van der Waals surface area contributed by atoms with Crippen LogP contribution in [0.4, 0.5) is 0 Å². The minimum absolute atomic E-state index is 0.211. The van der Waals surface area contributed by atoms with Gasteiger partial charge in [0.15, 0.2) is 5.16 Å². The average Bonchev–Trinajstić information content (AvgIpc) is 2.64. The molecule has 1 aliphatic rings. The number of H-pyrrole nitrogens is 1. The second-order valence-electron chi connectivity index (χ2n) is 4.53. The van der Waals surface area contributed by atoms with E-state index in [1.54, 1.807) is 31.2 Å². The number of nitrogens with one attached hydrogen (secondary N) is 2. The zero-order chi connectivity index (χ0) is 15.5. The molecule has 2 heterocycles. The summed E-state index contributed by atoms with van der Waals surface area (Å²) in [5, 5.41) is 4.41. The van der Waals surface area contributed by atoms with Crippen molar-refractivity contribution in [3.05, 3.63) is 51.9 Å². The number of amides is 1. The zero-order valence-corrected chi connectivity index (χ0v) is 12.4. The van der Waals surface area contributed by atoms with Crippen LogP contribution in [0.25, 0.3) is 0 Å². The van der Waals surface area contributed by atoms with Crippen LogP contribution in [-0.4, -0.2) is 27.5 Å². The van der Waals surface area contributed by atoms with Gasteiger partial charge in [-0.3, -0.25) is 9.59 Å². The van der Waals surface area contributed by atoms with E-state index < -0.39 is 0 Å². The number of hydrogen-bond acceptors (Lipinski definition) is 6. The normalized spacial score (nSPS) is 13.5. The van der Waals surface area contributed by atoms with Gasteiger partial charge in [0.2, 0.25) is 5.90 Å². The van der Waals surface area contributed by atoms with Gasteiger partial charge in [-0.15, -0.1) is 5.10 Å². The molecule has 112 valence electrons. The fourth-order valence-electron chi connectivity index (χ4n) is 1.88. The predicted molar refractivity (Wildman–Crippen MR) is 82.3 cm³/mol. The lowest BCUT2D eigenvalue weighted by atomic mass is 10.2. The van der Waals surface area contributed by atoms with Crippen molar-refractivity contribution in [1.82, 2.24) is 15.4 Å². The van der Waals surface area contributed by atoms with Crippen LogP contribution in [0.5, 0.6) is 5.75 Å². The van der Waals surface area contributed by atoms with Crippen molar-refractivity contribution in [2.45, 2.75) is 12.1 Å². The number of carbonyl (C=O) groups is 1. The second-order valence-corrected chi connectivity index (χ2v) is 5.49. The third-order valence-corrected chi connectivity index (χ3v) is 3.68. The van der Waals surface area contributed by atoms with Gasteiger partial charge in [0.1, 0.15) is 5.75 Å². The molecule has 2 N–H and O–H groups in total. The molecule has 1 aromatic carbocycles. The number of aryl methyl sites for hydroxylation is 1. The third-order valence-electron chi connectivity index (χ3n) is 2.82. The Labute approximate surface area is 129 Å². The molecule has 0 fully saturated rings. The van der Waals surface area contributed by atoms with Gasteiger partial charge in [0, 0.05) is 11.8 Å². The highest BCUT2D eigenvalue weighted by Crippen LogP contribution is 2.21. The maximum Gasteiger partial charge on any atom is 0.275 e. The number of hydrazone groups is 1. The Morgan fingerprint density at radius 1 is 1.27 bits per heavy atom. The van der Waals surface area contributed by atoms with Crippen LogP contribution in [-0.2, 0) is 0 Å². The van der Waals surface area contributed by atoms with Crippen molar-refractivity contribution in [2.75, 3.05) is 5.75 Å². The standard InChI is InChI=1S/C14H12N4O3S/c1-8-6-11(19)16-14(15-8)22-7-12-17-18-13(20)9-4-2-3-5-10(9)21-12/h2-6H,7H2,1H3,(H,18,20)(H,15,16,19). The third kappa shape index (κ3) is 3.17. The lowest BCUT2D eigenvalue weighted by Gasteiger charge is -2.07. The minimum atomic E-state index is -0.322. The minimum Gasteiger partial charge on any atom is -0.440 e. The zero-order valence-electron chi connectivity index (χ0n) is 11.6. The molecule has 1 aromatic heterocycles. The SMILES string of the molecule is Cc1cc(=O)[nH]c(SCC2=NNC(=O)c3ccccc3O2)n1. The van der Waals surface area contributed by atoms with E-state index >= 15 is 0 Å². The molecule has 7 nitrogen and oxygen atoms in total. The van der Waals surface area contributed by atoms with Gasteiger partial charge in [-0.25, -0.2) is 10.4 Å². The first-order valence-corrected chi connectivity index (χ1v) is 7.45. The smallest absolute Gasteiger partial charge is 0.275 e. The molecular formula is C14H12N4O3S. The van der Waals surface area contributed by atoms with E-state index in [2.05, 4.69) is 20.5 Å². The summed E-state index contributed by atoms with van der Waals surface area (Å²) in [5.74, 6) is 0.772. The van der Waals surface area contributed by atoms with Crippen LogP contribution in [0.15, 0.2) is 45.4 Å². The monoisotopic (exact) mass is 316 g/mol. The van der Waals surface area contributed by atoms with Crippen LogP contribution in [0, 0.1) is 6.92 Å². The number of rotatable bonds is 3. The van der Waals surface area contributed by atoms with E-state index in [-0.39, 0.29) is 11.5 Å². The van der Waals surface area contributed by atoms with Crippen molar-refractivity contribution < 1.29 is 9.53 Å². The van der Waals surface area contributed by atoms with E-state index in [9.17, 15) is 9.59 Å². The molecule has 1 amide bonds. The summed E-state index contributed by atoms with van der Waals surface area (Å²) in [4.78, 5) is 30.1. The number of ether oxygens (including phenoxy) is 1. The molecule has 1 aliphatic heterocycles. The molecule has 3 rings (SSSR count). The van der Waals surface area contributed by atoms with Gasteiger partial charge in [-0.2, -0.15) is 0 Å². The molecule has 22 heavy (non-hydrogen) atoms. The Bertz CT molecular complexity index is 816. The van der Waals surface area contributed by atoms with Gasteiger partial charge in [0.05, 0.1) is 11.3 Å². The van der Waals surface area contributed by atoms with Crippen LogP contribution >= 0.6 is 11.8 Å². The Morgan fingerprint density at radius 3 is 2.91 bits per heavy atom. The highest BCUT2D eigenvalue weighted by Gasteiger charge is 2.18. The molecule has 0 aliphatic carbocycles. The van der Waals surface area contributed by atoms with Gasteiger partial charge >= 0.3 is 0 Å². The lowest BCUT2D eigenvalue weighted by Crippen LogP contribution is -2.18. The molecular weight excluding hydrogens is 304 g/mol. The van der Waals surface area contributed by atoms with Gasteiger partial charge in [-0.1, -0.05) is 23.9 Å². The predicted octanol–water partition coefficient (Wildman–Crippen LogP) is 1.31. The molecule has 0 spiro atoms. The summed E-state index contributed by atoms with van der Waals surface area (Å²) in [7, 11) is 0. The first-order chi connectivity index (χ1) is 10.6. The fraction of sp³-hybridized carbons (Fsp3) is 0.143. The number of carbonyl (C=O) groups excluding carboxylic acids is 1. The fourth-order valence-corrected chi connectivity index (χ4v) is 2.64. The summed E-state index contributed by atoms with van der Waals surface area (Å²) in [6.45, 7) is 1.75. The lowest BCUT2D eigenvalue weighted by molar-refractivity contribution is 0.0955. The van der Waals surface area contributed by atoms with Crippen molar-refractivity contribution in [2.24, 2.45) is 5.10 Å². The number of fused-ring (bicyclic) bond motifs is 1. The van der Waals surface area contributed by atoms with E-state index in [1.807, 2.05) is 0 Å². The highest BCUT2D eigenvalue weighted by molar-refractivity contribution is 7.99. The van der Waals surface area contributed by atoms with Crippen LogP contribution < -0.4 is 15.7 Å². The molecule has 0 radical (unpaired) electrons. The van der Waals surface area contributed by atoms with Crippen molar-refractivity contribution >= 4 is 23.6 Å². The van der Waals surface area contributed by atoms with E-state index in [0.29, 0.717) is 33.8 Å². The van der Waals surface area contributed by atoms with E-state index in [4.69, 9.17) is 4.74 Å². The van der Waals surface area contributed by atoms with Crippen molar-refractivity contribution in [3.8, 4) is 5.75 Å². The Balaban J connectivity index is 1.76. The van der Waals surface area contributed by atoms with Gasteiger partial charge < -0.3 is 9.72 Å². The maximum atomic E-state index is 11.8. The highest BCUT2D eigenvalue weighted by atomic mass is 32.2. The second kappa shape index (κ2) is 6.02. The largest absolute Gasteiger partial charge is 0.440 e. The number of hydrogen-bond donors (Lipinski definition) is 2. The number of nitrogens with zero attached hydrogens (tertiary/aromatic N) is 2. The number of benzene rings is 1. The Morgan fingerprint density at radius 2 is 2.09 bits per heavy atom. The summed E-state index contributed by atoms with van der Waals surface area (Å²) >= 11 is 1.27. The van der Waals surface area contributed by atoms with Gasteiger partial charge in [-0.05, 0) is 19.1 Å². The number of aromatic amines is 1. The molecule has 0 atom stereocenters. The van der Waals surface area contributed by atoms with Crippen molar-refractivity contribution in [3.63, 3.8) is 0 Å². The quantitative estimate of drug-likeness (QED) is 0.657. The maximum absolute atomic E-state index is 11.8. The van der Waals surface area contributed by atoms with E-state index in [1.165, 1.54) is 17.8 Å². The first-order valence-electron chi connectivity index (χ1n) is 6.46. The summed E-state index contributed by atoms with van der Waals surface area (Å²) in [6.07, 6.45) is 0. The van der Waals surface area contributed by atoms with Crippen LogP contribution in [0.3, 0.4) is 0 Å². The Hall–Kier alpha value is -2.61. The average molecular weight is 316 g/mol. The molecule has 0 bridgehead atoms. The summed E-state index contributed by atoms with van der Waals surface area (Å²) < 4.78 is 5.64. The first kappa shape index (κ1) is 14.3. The molecule has 0 saturated heterocycles. The summed E-state index contributed by atoms with van der Waals surface area (Å²) in [5.41, 5.74) is 3.27. The topological polar surface area (TPSA) is 96.4 Å². The summed E-state index contributed by atoms with van der Waals surface area (Å²) in [6, 6.07) is 8.31. The molecule has 0 unspecified atom stereocenters. The van der Waals surface area contributed by atoms with Crippen molar-refractivity contribution in [1.29, 1.82) is 0 Å². The van der Waals surface area contributed by atoms with Crippen LogP contribution in [0.2, 0.25) is 0 Å². The molecule has 8 heteroatoms.